The molecular weight excluding hydrogens is 430 g/mol. The molecule has 0 radical (unpaired) electrons. The standard InChI is InChI=1S/C26H21N5O3/c1-17-22(24(32)30-20-10-6-3-7-11-20)23(31-26(29-17)27-16-28-31)18-12-14-21(15-13-18)34-25(33)19-8-4-2-5-9-19/h2-16,23H,1H3,(H,30,32)(H,27,28,29)/t23-/m0/s1. The molecule has 1 amide bonds. The van der Waals surface area contributed by atoms with Crippen LogP contribution in [0, 0.1) is 0 Å². The van der Waals surface area contributed by atoms with Crippen LogP contribution in [0.4, 0.5) is 11.6 Å². The monoisotopic (exact) mass is 451 g/mol. The van der Waals surface area contributed by atoms with Crippen LogP contribution in [0.2, 0.25) is 0 Å². The Morgan fingerprint density at radius 3 is 2.32 bits per heavy atom. The summed E-state index contributed by atoms with van der Waals surface area (Å²) in [5, 5.41) is 10.4. The summed E-state index contributed by atoms with van der Waals surface area (Å²) in [4.78, 5) is 30.0. The quantitative estimate of drug-likeness (QED) is 0.344. The number of anilines is 2. The van der Waals surface area contributed by atoms with E-state index in [9.17, 15) is 9.59 Å². The van der Waals surface area contributed by atoms with E-state index in [1.165, 1.54) is 6.33 Å². The third-order valence-corrected chi connectivity index (χ3v) is 5.49. The van der Waals surface area contributed by atoms with Crippen LogP contribution >= 0.6 is 0 Å². The molecule has 1 aromatic heterocycles. The number of fused-ring (bicyclic) bond motifs is 1. The summed E-state index contributed by atoms with van der Waals surface area (Å²) in [7, 11) is 0. The van der Waals surface area contributed by atoms with Crippen molar-refractivity contribution in [2.75, 3.05) is 10.6 Å². The maximum Gasteiger partial charge on any atom is 0.343 e. The van der Waals surface area contributed by atoms with Crippen molar-refractivity contribution < 1.29 is 14.3 Å². The van der Waals surface area contributed by atoms with Crippen molar-refractivity contribution in [1.82, 2.24) is 14.8 Å². The highest BCUT2D eigenvalue weighted by Gasteiger charge is 2.33. The third kappa shape index (κ3) is 4.16. The molecule has 2 heterocycles. The van der Waals surface area contributed by atoms with Crippen molar-refractivity contribution in [3.05, 3.63) is 114 Å². The second-order valence-corrected chi connectivity index (χ2v) is 7.74. The SMILES string of the molecule is CC1=C(C(=O)Nc2ccccc2)[C@H](c2ccc(OC(=O)c3ccccc3)cc2)n2ncnc2N1. The van der Waals surface area contributed by atoms with E-state index in [1.807, 2.05) is 55.5 Å². The molecular formula is C26H21N5O3. The normalized spacial score (nSPS) is 14.7. The fraction of sp³-hybridized carbons (Fsp3) is 0.0769. The predicted octanol–water partition coefficient (Wildman–Crippen LogP) is 4.42. The van der Waals surface area contributed by atoms with Gasteiger partial charge in [-0.25, -0.2) is 9.48 Å². The fourth-order valence-electron chi connectivity index (χ4n) is 3.87. The van der Waals surface area contributed by atoms with Gasteiger partial charge in [0.05, 0.1) is 11.1 Å². The molecule has 0 unspecified atom stereocenters. The smallest absolute Gasteiger partial charge is 0.343 e. The molecule has 168 valence electrons. The van der Waals surface area contributed by atoms with Crippen molar-refractivity contribution in [2.24, 2.45) is 0 Å². The van der Waals surface area contributed by atoms with E-state index >= 15 is 0 Å². The zero-order chi connectivity index (χ0) is 23.5. The second kappa shape index (κ2) is 9.03. The average Bonchev–Trinajstić information content (AvgIpc) is 3.33. The number of nitrogens with one attached hydrogen (secondary N) is 2. The molecule has 1 aliphatic heterocycles. The molecule has 0 aliphatic carbocycles. The van der Waals surface area contributed by atoms with Crippen molar-refractivity contribution >= 4 is 23.5 Å². The molecule has 1 atom stereocenters. The summed E-state index contributed by atoms with van der Waals surface area (Å²) in [6, 6.07) is 24.6. The maximum absolute atomic E-state index is 13.3. The van der Waals surface area contributed by atoms with Gasteiger partial charge in [0.1, 0.15) is 18.1 Å². The van der Waals surface area contributed by atoms with Gasteiger partial charge in [-0.1, -0.05) is 48.5 Å². The Morgan fingerprint density at radius 2 is 1.62 bits per heavy atom. The van der Waals surface area contributed by atoms with Crippen LogP contribution in [0.5, 0.6) is 5.75 Å². The van der Waals surface area contributed by atoms with Crippen LogP contribution in [0.25, 0.3) is 0 Å². The fourth-order valence-corrected chi connectivity index (χ4v) is 3.87. The van der Waals surface area contributed by atoms with Crippen molar-refractivity contribution in [2.45, 2.75) is 13.0 Å². The lowest BCUT2D eigenvalue weighted by molar-refractivity contribution is -0.113. The predicted molar refractivity (Wildman–Crippen MR) is 127 cm³/mol. The Kier molecular flexibility index (Phi) is 5.61. The number of benzene rings is 3. The Balaban J connectivity index is 1.44. The number of aromatic nitrogens is 3. The lowest BCUT2D eigenvalue weighted by atomic mass is 9.95. The molecule has 0 bridgehead atoms. The van der Waals surface area contributed by atoms with Crippen LogP contribution < -0.4 is 15.4 Å². The number of carbonyl (C=O) groups is 2. The van der Waals surface area contributed by atoms with Gasteiger partial charge in [-0.05, 0) is 48.9 Å². The highest BCUT2D eigenvalue weighted by molar-refractivity contribution is 6.06. The van der Waals surface area contributed by atoms with Crippen molar-refractivity contribution in [3.63, 3.8) is 0 Å². The first kappa shape index (κ1) is 21.1. The Labute approximate surface area is 195 Å². The Bertz CT molecular complexity index is 1360. The number of hydrogen-bond acceptors (Lipinski definition) is 6. The molecule has 8 nitrogen and oxygen atoms in total. The summed E-state index contributed by atoms with van der Waals surface area (Å²) in [6.07, 6.45) is 1.44. The van der Waals surface area contributed by atoms with Crippen LogP contribution in [0.3, 0.4) is 0 Å². The number of hydrogen-bond donors (Lipinski definition) is 2. The summed E-state index contributed by atoms with van der Waals surface area (Å²) < 4.78 is 7.16. The first-order chi connectivity index (χ1) is 16.6. The number of allylic oxidation sites excluding steroid dienone is 1. The molecule has 0 fully saturated rings. The largest absolute Gasteiger partial charge is 0.423 e. The molecule has 2 N–H and O–H groups in total. The van der Waals surface area contributed by atoms with Gasteiger partial charge in [0.15, 0.2) is 0 Å². The molecule has 0 saturated carbocycles. The minimum absolute atomic E-state index is 0.248. The van der Waals surface area contributed by atoms with E-state index in [-0.39, 0.29) is 5.91 Å². The van der Waals surface area contributed by atoms with E-state index in [1.54, 1.807) is 41.1 Å². The number of amides is 1. The summed E-state index contributed by atoms with van der Waals surface area (Å²) in [5.74, 6) is 0.258. The van der Waals surface area contributed by atoms with Gasteiger partial charge < -0.3 is 15.4 Å². The van der Waals surface area contributed by atoms with Crippen LogP contribution in [0.15, 0.2) is 103 Å². The molecule has 3 aromatic carbocycles. The van der Waals surface area contributed by atoms with Crippen LogP contribution in [0.1, 0.15) is 28.9 Å². The first-order valence-electron chi connectivity index (χ1n) is 10.7. The highest BCUT2D eigenvalue weighted by Crippen LogP contribution is 2.35. The van der Waals surface area contributed by atoms with Crippen molar-refractivity contribution in [3.8, 4) is 5.75 Å². The van der Waals surface area contributed by atoms with Gasteiger partial charge in [0.2, 0.25) is 5.95 Å². The second-order valence-electron chi connectivity index (χ2n) is 7.74. The molecule has 5 rings (SSSR count). The molecule has 0 spiro atoms. The van der Waals surface area contributed by atoms with Gasteiger partial charge in [-0.3, -0.25) is 4.79 Å². The van der Waals surface area contributed by atoms with E-state index in [4.69, 9.17) is 4.74 Å². The summed E-state index contributed by atoms with van der Waals surface area (Å²) in [5.41, 5.74) is 3.15. The van der Waals surface area contributed by atoms with Gasteiger partial charge >= 0.3 is 5.97 Å². The lowest BCUT2D eigenvalue weighted by Crippen LogP contribution is -2.31. The minimum atomic E-state index is -0.513. The van der Waals surface area contributed by atoms with Crippen LogP contribution in [-0.4, -0.2) is 26.6 Å². The third-order valence-electron chi connectivity index (χ3n) is 5.49. The Morgan fingerprint density at radius 1 is 0.941 bits per heavy atom. The van der Waals surface area contributed by atoms with E-state index in [0.29, 0.717) is 34.2 Å². The highest BCUT2D eigenvalue weighted by atomic mass is 16.5. The summed E-state index contributed by atoms with van der Waals surface area (Å²) in [6.45, 7) is 1.83. The maximum atomic E-state index is 13.3. The van der Waals surface area contributed by atoms with Gasteiger partial charge in [-0.2, -0.15) is 10.1 Å². The van der Waals surface area contributed by atoms with E-state index in [2.05, 4.69) is 20.7 Å². The summed E-state index contributed by atoms with van der Waals surface area (Å²) >= 11 is 0. The van der Waals surface area contributed by atoms with Gasteiger partial charge in [0.25, 0.3) is 5.91 Å². The minimum Gasteiger partial charge on any atom is -0.423 e. The number of rotatable bonds is 5. The first-order valence-corrected chi connectivity index (χ1v) is 10.7. The van der Waals surface area contributed by atoms with Crippen LogP contribution in [-0.2, 0) is 4.79 Å². The zero-order valence-corrected chi connectivity index (χ0v) is 18.3. The number of nitrogens with zero attached hydrogens (tertiary/aromatic N) is 3. The number of ether oxygens (including phenoxy) is 1. The molecule has 34 heavy (non-hydrogen) atoms. The van der Waals surface area contributed by atoms with E-state index in [0.717, 1.165) is 5.56 Å². The molecule has 8 heteroatoms. The van der Waals surface area contributed by atoms with Crippen molar-refractivity contribution in [1.29, 1.82) is 0 Å². The topological polar surface area (TPSA) is 98.1 Å². The van der Waals surface area contributed by atoms with E-state index < -0.39 is 12.0 Å². The Hall–Kier alpha value is -4.72. The lowest BCUT2D eigenvalue weighted by Gasteiger charge is -2.28. The molecule has 4 aromatic rings. The molecule has 0 saturated heterocycles. The zero-order valence-electron chi connectivity index (χ0n) is 18.3. The average molecular weight is 451 g/mol. The number of esters is 1. The van der Waals surface area contributed by atoms with Gasteiger partial charge in [-0.15, -0.1) is 0 Å². The van der Waals surface area contributed by atoms with Gasteiger partial charge in [0, 0.05) is 11.4 Å². The molecule has 1 aliphatic rings. The number of para-hydroxylation sites is 1. The number of carbonyl (C=O) groups excluding carboxylic acids is 2.